The Bertz CT molecular complexity index is 678. The first kappa shape index (κ1) is 13.3. The monoisotopic (exact) mass is 272 g/mol. The van der Waals surface area contributed by atoms with Crippen LogP contribution in [0.15, 0.2) is 33.5 Å². The van der Waals surface area contributed by atoms with Crippen LogP contribution < -0.4 is 10.9 Å². The highest BCUT2D eigenvalue weighted by Gasteiger charge is 2.19. The number of nitrogens with zero attached hydrogens (tertiary/aromatic N) is 1. The van der Waals surface area contributed by atoms with Crippen LogP contribution in [0.4, 0.5) is 0 Å². The van der Waals surface area contributed by atoms with E-state index < -0.39 is 0 Å². The summed E-state index contributed by atoms with van der Waals surface area (Å²) in [5, 5.41) is 4.43. The van der Waals surface area contributed by atoms with Crippen molar-refractivity contribution in [1.82, 2.24) is 10.2 Å². The van der Waals surface area contributed by atoms with E-state index in [4.69, 9.17) is 4.42 Å². The van der Waals surface area contributed by atoms with E-state index in [-0.39, 0.29) is 5.63 Å². The van der Waals surface area contributed by atoms with Gasteiger partial charge in [-0.1, -0.05) is 12.1 Å². The van der Waals surface area contributed by atoms with Crippen LogP contribution >= 0.6 is 0 Å². The van der Waals surface area contributed by atoms with Crippen LogP contribution in [0, 0.1) is 6.92 Å². The minimum absolute atomic E-state index is 0.263. The topological polar surface area (TPSA) is 45.5 Å². The predicted molar refractivity (Wildman–Crippen MR) is 80.0 cm³/mol. The third-order valence-electron chi connectivity index (χ3n) is 4.00. The van der Waals surface area contributed by atoms with Crippen molar-refractivity contribution >= 4 is 11.0 Å². The molecule has 0 bridgehead atoms. The lowest BCUT2D eigenvalue weighted by Crippen LogP contribution is -2.49. The Morgan fingerprint density at radius 1 is 1.40 bits per heavy atom. The van der Waals surface area contributed by atoms with Crippen molar-refractivity contribution in [2.24, 2.45) is 0 Å². The van der Waals surface area contributed by atoms with Gasteiger partial charge in [-0.2, -0.15) is 0 Å². The van der Waals surface area contributed by atoms with Crippen molar-refractivity contribution in [3.05, 3.63) is 45.8 Å². The van der Waals surface area contributed by atoms with Crippen molar-refractivity contribution in [2.75, 3.05) is 19.6 Å². The van der Waals surface area contributed by atoms with Crippen LogP contribution in [0.5, 0.6) is 0 Å². The summed E-state index contributed by atoms with van der Waals surface area (Å²) >= 11 is 0. The summed E-state index contributed by atoms with van der Waals surface area (Å²) in [4.78, 5) is 14.1. The Morgan fingerprint density at radius 3 is 3.05 bits per heavy atom. The molecule has 4 heteroatoms. The molecule has 1 aliphatic rings. The third kappa shape index (κ3) is 2.62. The summed E-state index contributed by atoms with van der Waals surface area (Å²) in [7, 11) is 0. The average Bonchev–Trinajstić information content (AvgIpc) is 2.40. The molecule has 4 nitrogen and oxygen atoms in total. The lowest BCUT2D eigenvalue weighted by molar-refractivity contribution is 0.166. The standard InChI is InChI=1S/C16H20N2O2/c1-11-3-4-14-13(8-16(19)20-15(14)7-11)10-18-6-5-17-9-12(18)2/h3-4,7-8,12,17H,5-6,9-10H2,1-2H3/t12-/m1/s1. The molecule has 1 saturated heterocycles. The Balaban J connectivity index is 2.00. The van der Waals surface area contributed by atoms with E-state index in [9.17, 15) is 4.79 Å². The summed E-state index contributed by atoms with van der Waals surface area (Å²) in [6.07, 6.45) is 0. The van der Waals surface area contributed by atoms with E-state index in [1.807, 2.05) is 13.0 Å². The fraction of sp³-hybridized carbons (Fsp3) is 0.438. The first-order chi connectivity index (χ1) is 9.63. The van der Waals surface area contributed by atoms with Gasteiger partial charge in [0.25, 0.3) is 0 Å². The second-order valence-electron chi connectivity index (χ2n) is 5.61. The molecule has 3 rings (SSSR count). The number of hydrogen-bond acceptors (Lipinski definition) is 4. The van der Waals surface area contributed by atoms with E-state index in [0.29, 0.717) is 11.6 Å². The fourth-order valence-electron chi connectivity index (χ4n) is 2.80. The molecule has 1 aromatic heterocycles. The number of aryl methyl sites for hydroxylation is 1. The van der Waals surface area contributed by atoms with Gasteiger partial charge in [-0.3, -0.25) is 4.90 Å². The Labute approximate surface area is 118 Å². The summed E-state index contributed by atoms with van der Waals surface area (Å²) in [6.45, 7) is 8.03. The summed E-state index contributed by atoms with van der Waals surface area (Å²) < 4.78 is 5.31. The minimum Gasteiger partial charge on any atom is -0.423 e. The van der Waals surface area contributed by atoms with Crippen molar-refractivity contribution in [3.63, 3.8) is 0 Å². The molecule has 1 atom stereocenters. The Morgan fingerprint density at radius 2 is 2.25 bits per heavy atom. The van der Waals surface area contributed by atoms with Crippen LogP contribution in [0.3, 0.4) is 0 Å². The molecule has 0 unspecified atom stereocenters. The first-order valence-electron chi connectivity index (χ1n) is 7.11. The molecule has 2 aromatic rings. The molecule has 1 aromatic carbocycles. The zero-order valence-corrected chi connectivity index (χ0v) is 12.0. The van der Waals surface area contributed by atoms with E-state index in [0.717, 1.165) is 42.7 Å². The van der Waals surface area contributed by atoms with Crippen molar-refractivity contribution in [2.45, 2.75) is 26.4 Å². The fourth-order valence-corrected chi connectivity index (χ4v) is 2.80. The molecule has 0 spiro atoms. The van der Waals surface area contributed by atoms with Crippen molar-refractivity contribution in [3.8, 4) is 0 Å². The third-order valence-corrected chi connectivity index (χ3v) is 4.00. The lowest BCUT2D eigenvalue weighted by Gasteiger charge is -2.34. The van der Waals surface area contributed by atoms with Gasteiger partial charge >= 0.3 is 5.63 Å². The van der Waals surface area contributed by atoms with Crippen LogP contribution in [0.25, 0.3) is 11.0 Å². The van der Waals surface area contributed by atoms with Gasteiger partial charge in [-0.15, -0.1) is 0 Å². The molecule has 20 heavy (non-hydrogen) atoms. The average molecular weight is 272 g/mol. The molecule has 0 saturated carbocycles. The van der Waals surface area contributed by atoms with Gasteiger partial charge in [-0.25, -0.2) is 4.79 Å². The quantitative estimate of drug-likeness (QED) is 0.848. The highest BCUT2D eigenvalue weighted by atomic mass is 16.4. The Kier molecular flexibility index (Phi) is 3.59. The largest absolute Gasteiger partial charge is 0.423 e. The molecule has 0 aliphatic carbocycles. The highest BCUT2D eigenvalue weighted by Crippen LogP contribution is 2.20. The SMILES string of the molecule is Cc1ccc2c(CN3CCNC[C@H]3C)cc(=O)oc2c1. The number of nitrogens with one attached hydrogen (secondary N) is 1. The lowest BCUT2D eigenvalue weighted by atomic mass is 10.1. The molecule has 1 aliphatic heterocycles. The van der Waals surface area contributed by atoms with Gasteiger partial charge in [0, 0.05) is 43.7 Å². The van der Waals surface area contributed by atoms with Gasteiger partial charge in [0.2, 0.25) is 0 Å². The van der Waals surface area contributed by atoms with E-state index in [1.165, 1.54) is 0 Å². The summed E-state index contributed by atoms with van der Waals surface area (Å²) in [5.74, 6) is 0. The normalized spacial score (nSPS) is 20.4. The second kappa shape index (κ2) is 5.38. The number of benzene rings is 1. The Hall–Kier alpha value is -1.65. The maximum Gasteiger partial charge on any atom is 0.336 e. The van der Waals surface area contributed by atoms with Crippen molar-refractivity contribution < 1.29 is 4.42 Å². The molecule has 2 heterocycles. The van der Waals surface area contributed by atoms with Crippen LogP contribution in [0.1, 0.15) is 18.1 Å². The molecule has 0 amide bonds. The van der Waals surface area contributed by atoms with Crippen molar-refractivity contribution in [1.29, 1.82) is 0 Å². The van der Waals surface area contributed by atoms with Gasteiger partial charge in [-0.05, 0) is 31.0 Å². The number of rotatable bonds is 2. The summed E-state index contributed by atoms with van der Waals surface area (Å²) in [6, 6.07) is 8.16. The second-order valence-corrected chi connectivity index (χ2v) is 5.61. The van der Waals surface area contributed by atoms with Gasteiger partial charge < -0.3 is 9.73 Å². The van der Waals surface area contributed by atoms with Gasteiger partial charge in [0.1, 0.15) is 5.58 Å². The van der Waals surface area contributed by atoms with Crippen LogP contribution in [-0.4, -0.2) is 30.6 Å². The molecule has 106 valence electrons. The van der Waals surface area contributed by atoms with E-state index >= 15 is 0 Å². The zero-order valence-electron chi connectivity index (χ0n) is 12.0. The predicted octanol–water partition coefficient (Wildman–Crippen LogP) is 1.90. The molecule has 1 fully saturated rings. The zero-order chi connectivity index (χ0) is 14.1. The number of hydrogen-bond donors (Lipinski definition) is 1. The molecular weight excluding hydrogens is 252 g/mol. The molecule has 1 N–H and O–H groups in total. The molecule has 0 radical (unpaired) electrons. The maximum atomic E-state index is 11.7. The first-order valence-corrected chi connectivity index (χ1v) is 7.11. The highest BCUT2D eigenvalue weighted by molar-refractivity contribution is 5.80. The minimum atomic E-state index is -0.263. The van der Waals surface area contributed by atoms with Crippen LogP contribution in [-0.2, 0) is 6.54 Å². The van der Waals surface area contributed by atoms with E-state index in [2.05, 4.69) is 29.3 Å². The number of piperazine rings is 1. The summed E-state index contributed by atoms with van der Waals surface area (Å²) in [5.41, 5.74) is 2.59. The molecular formula is C16H20N2O2. The number of fused-ring (bicyclic) bond motifs is 1. The maximum absolute atomic E-state index is 11.7. The van der Waals surface area contributed by atoms with E-state index in [1.54, 1.807) is 6.07 Å². The van der Waals surface area contributed by atoms with Gasteiger partial charge in [0.15, 0.2) is 0 Å². The smallest absolute Gasteiger partial charge is 0.336 e. The van der Waals surface area contributed by atoms with Gasteiger partial charge in [0.05, 0.1) is 0 Å². The van der Waals surface area contributed by atoms with Crippen LogP contribution in [0.2, 0.25) is 0 Å².